The van der Waals surface area contributed by atoms with E-state index in [1.54, 1.807) is 0 Å². The maximum atomic E-state index is 5.97. The van der Waals surface area contributed by atoms with E-state index in [9.17, 15) is 0 Å². The number of rotatable bonds is 2. The molecule has 2 aromatic rings. The molecule has 2 heteroatoms. The van der Waals surface area contributed by atoms with Crippen molar-refractivity contribution in [3.63, 3.8) is 0 Å². The molecular formula is C14H12ClSi. The molecule has 0 saturated carbocycles. The van der Waals surface area contributed by atoms with Crippen LogP contribution in [0.2, 0.25) is 0 Å². The van der Waals surface area contributed by atoms with Crippen LogP contribution in [0.3, 0.4) is 0 Å². The van der Waals surface area contributed by atoms with Crippen LogP contribution in [0.25, 0.3) is 11.1 Å². The molecule has 3 radical (unpaired) electrons. The second-order valence-corrected chi connectivity index (χ2v) is 4.65. The molecule has 0 saturated heterocycles. The molecule has 0 aromatic heterocycles. The Morgan fingerprint density at radius 3 is 2.56 bits per heavy atom. The molecule has 0 aliphatic carbocycles. The van der Waals surface area contributed by atoms with Gasteiger partial charge in [0, 0.05) is 5.88 Å². The molecule has 0 spiro atoms. The third kappa shape index (κ3) is 2.21. The maximum absolute atomic E-state index is 5.97. The van der Waals surface area contributed by atoms with Crippen LogP contribution in [-0.2, 0) is 5.88 Å². The molecule has 2 rings (SSSR count). The molecule has 0 heterocycles. The fraction of sp³-hybridized carbons (Fsp3) is 0.143. The quantitative estimate of drug-likeness (QED) is 0.561. The Balaban J connectivity index is 2.63. The van der Waals surface area contributed by atoms with Crippen LogP contribution in [0.1, 0.15) is 11.1 Å². The Morgan fingerprint density at radius 1 is 1.12 bits per heavy atom. The minimum atomic E-state index is 0.529. The monoisotopic (exact) mass is 243 g/mol. The van der Waals surface area contributed by atoms with E-state index in [4.69, 9.17) is 11.6 Å². The summed E-state index contributed by atoms with van der Waals surface area (Å²) in [7, 11) is 3.64. The molecule has 0 atom stereocenters. The highest BCUT2D eigenvalue weighted by Crippen LogP contribution is 2.23. The molecule has 2 aromatic carbocycles. The van der Waals surface area contributed by atoms with Gasteiger partial charge in [0.15, 0.2) is 0 Å². The van der Waals surface area contributed by atoms with E-state index >= 15 is 0 Å². The molecule has 0 unspecified atom stereocenters. The maximum Gasteiger partial charge on any atom is 0.0720 e. The summed E-state index contributed by atoms with van der Waals surface area (Å²) in [5, 5.41) is 1.09. The summed E-state index contributed by atoms with van der Waals surface area (Å²) in [6.07, 6.45) is 0. The zero-order valence-electron chi connectivity index (χ0n) is 9.13. The van der Waals surface area contributed by atoms with E-state index in [0.29, 0.717) is 5.88 Å². The van der Waals surface area contributed by atoms with Crippen molar-refractivity contribution in [3.05, 3.63) is 53.6 Å². The van der Waals surface area contributed by atoms with Crippen LogP contribution in [0.15, 0.2) is 42.5 Å². The second kappa shape index (κ2) is 4.85. The van der Waals surface area contributed by atoms with Crippen LogP contribution in [0, 0.1) is 6.92 Å². The summed E-state index contributed by atoms with van der Waals surface area (Å²) in [5.41, 5.74) is 4.81. The lowest BCUT2D eigenvalue weighted by Crippen LogP contribution is -2.08. The highest BCUT2D eigenvalue weighted by molar-refractivity contribution is 6.36. The van der Waals surface area contributed by atoms with Crippen molar-refractivity contribution in [3.8, 4) is 11.1 Å². The first-order valence-corrected chi connectivity index (χ1v) is 6.22. The van der Waals surface area contributed by atoms with E-state index in [-0.39, 0.29) is 0 Å². The number of hydrogen-bond donors (Lipinski definition) is 0. The number of alkyl halides is 1. The van der Waals surface area contributed by atoms with E-state index in [1.807, 2.05) is 12.1 Å². The third-order valence-electron chi connectivity index (χ3n) is 2.60. The zero-order valence-corrected chi connectivity index (χ0v) is 10.9. The Bertz CT molecular complexity index is 506. The van der Waals surface area contributed by atoms with Crippen molar-refractivity contribution >= 4 is 27.0 Å². The van der Waals surface area contributed by atoms with Crippen LogP contribution < -0.4 is 5.19 Å². The largest absolute Gasteiger partial charge is 0.122 e. The van der Waals surface area contributed by atoms with Gasteiger partial charge in [0.25, 0.3) is 0 Å². The molecule has 0 fully saturated rings. The smallest absolute Gasteiger partial charge is 0.0720 e. The van der Waals surface area contributed by atoms with Crippen molar-refractivity contribution in [1.29, 1.82) is 0 Å². The Morgan fingerprint density at radius 2 is 1.88 bits per heavy atom. The van der Waals surface area contributed by atoms with Gasteiger partial charge in [-0.2, -0.15) is 0 Å². The fourth-order valence-corrected chi connectivity index (χ4v) is 2.48. The van der Waals surface area contributed by atoms with Crippen LogP contribution in [-0.4, -0.2) is 10.2 Å². The van der Waals surface area contributed by atoms with Gasteiger partial charge in [0.05, 0.1) is 10.2 Å². The Hall–Kier alpha value is -1.05. The average Bonchev–Trinajstić information content (AvgIpc) is 2.28. The second-order valence-electron chi connectivity index (χ2n) is 3.84. The lowest BCUT2D eigenvalue weighted by molar-refractivity contribution is 1.40. The topological polar surface area (TPSA) is 0 Å². The minimum Gasteiger partial charge on any atom is -0.122 e. The van der Waals surface area contributed by atoms with E-state index in [0.717, 1.165) is 10.8 Å². The normalized spacial score (nSPS) is 10.4. The van der Waals surface area contributed by atoms with E-state index in [2.05, 4.69) is 47.5 Å². The summed E-state index contributed by atoms with van der Waals surface area (Å²) in [6.45, 7) is 2.10. The van der Waals surface area contributed by atoms with Crippen LogP contribution >= 0.6 is 11.6 Å². The molecule has 0 nitrogen and oxygen atoms in total. The van der Waals surface area contributed by atoms with Gasteiger partial charge in [-0.05, 0) is 23.6 Å². The molecule has 16 heavy (non-hydrogen) atoms. The third-order valence-corrected chi connectivity index (χ3v) is 3.31. The predicted octanol–water partition coefficient (Wildman–Crippen LogP) is 3.19. The lowest BCUT2D eigenvalue weighted by atomic mass is 9.99. The van der Waals surface area contributed by atoms with Crippen molar-refractivity contribution in [2.24, 2.45) is 0 Å². The van der Waals surface area contributed by atoms with Crippen molar-refractivity contribution in [1.82, 2.24) is 0 Å². The van der Waals surface area contributed by atoms with Gasteiger partial charge in [0.2, 0.25) is 0 Å². The number of benzene rings is 2. The van der Waals surface area contributed by atoms with Crippen molar-refractivity contribution in [2.75, 3.05) is 0 Å². The first-order valence-electron chi connectivity index (χ1n) is 5.19. The average molecular weight is 244 g/mol. The first kappa shape index (κ1) is 11.4. The number of aryl methyl sites for hydroxylation is 1. The molecule has 0 bridgehead atoms. The minimum absolute atomic E-state index is 0.529. The fourth-order valence-electron chi connectivity index (χ4n) is 1.85. The van der Waals surface area contributed by atoms with Gasteiger partial charge >= 0.3 is 0 Å². The van der Waals surface area contributed by atoms with Gasteiger partial charge < -0.3 is 0 Å². The van der Waals surface area contributed by atoms with Gasteiger partial charge in [-0.1, -0.05) is 53.2 Å². The van der Waals surface area contributed by atoms with Crippen molar-refractivity contribution in [2.45, 2.75) is 12.8 Å². The predicted molar refractivity (Wildman–Crippen MR) is 71.6 cm³/mol. The summed E-state index contributed by atoms with van der Waals surface area (Å²) >= 11 is 5.97. The van der Waals surface area contributed by atoms with Gasteiger partial charge in [0.1, 0.15) is 0 Å². The highest BCUT2D eigenvalue weighted by atomic mass is 35.5. The van der Waals surface area contributed by atoms with Gasteiger partial charge in [-0.15, -0.1) is 11.6 Å². The van der Waals surface area contributed by atoms with Crippen molar-refractivity contribution < 1.29 is 0 Å². The Labute approximate surface area is 105 Å². The molecule has 79 valence electrons. The molecular weight excluding hydrogens is 232 g/mol. The standard InChI is InChI=1S/C14H12ClSi/c1-10-4-2-5-11(8-10)14-12(9-15)6-3-7-13(14)16/h2-8H,9H2,1H3. The zero-order chi connectivity index (χ0) is 11.5. The number of hydrogen-bond acceptors (Lipinski definition) is 0. The summed E-state index contributed by atoms with van der Waals surface area (Å²) in [4.78, 5) is 0. The lowest BCUT2D eigenvalue weighted by Gasteiger charge is -2.11. The SMILES string of the molecule is Cc1cccc(-c2c([Si])cccc2CCl)c1. The van der Waals surface area contributed by atoms with E-state index < -0.39 is 0 Å². The molecule has 0 aliphatic rings. The van der Waals surface area contributed by atoms with Gasteiger partial charge in [-0.25, -0.2) is 0 Å². The van der Waals surface area contributed by atoms with Crippen LogP contribution in [0.4, 0.5) is 0 Å². The molecule has 0 aliphatic heterocycles. The highest BCUT2D eigenvalue weighted by Gasteiger charge is 2.06. The van der Waals surface area contributed by atoms with E-state index in [1.165, 1.54) is 16.7 Å². The van der Waals surface area contributed by atoms with Crippen LogP contribution in [0.5, 0.6) is 0 Å². The first-order chi connectivity index (χ1) is 7.72. The summed E-state index contributed by atoms with van der Waals surface area (Å²) in [5.74, 6) is 0.529. The number of halogens is 1. The van der Waals surface area contributed by atoms with Gasteiger partial charge in [-0.3, -0.25) is 0 Å². The molecule has 0 N–H and O–H groups in total. The summed E-state index contributed by atoms with van der Waals surface area (Å²) in [6, 6.07) is 14.6. The summed E-state index contributed by atoms with van der Waals surface area (Å²) < 4.78 is 0. The molecule has 0 amide bonds. The Kier molecular flexibility index (Phi) is 3.47.